The van der Waals surface area contributed by atoms with Gasteiger partial charge in [0.2, 0.25) is 0 Å². The van der Waals surface area contributed by atoms with Crippen LogP contribution in [0.15, 0.2) is 46.8 Å². The Morgan fingerprint density at radius 2 is 1.92 bits per heavy atom. The normalized spacial score (nSPS) is 12.9. The topological polar surface area (TPSA) is 40.1 Å². The fourth-order valence-electron chi connectivity index (χ4n) is 2.84. The van der Waals surface area contributed by atoms with Gasteiger partial charge in [0, 0.05) is 32.1 Å². The van der Waals surface area contributed by atoms with Crippen LogP contribution in [0.2, 0.25) is 0 Å². The summed E-state index contributed by atoms with van der Waals surface area (Å²) >= 11 is 1.80. The molecule has 0 amide bonds. The van der Waals surface area contributed by atoms with E-state index in [-0.39, 0.29) is 6.04 Å². The molecular formula is C20H30N4OS. The molecule has 0 spiro atoms. The first-order valence-corrected chi connectivity index (χ1v) is 9.67. The third kappa shape index (κ3) is 5.75. The van der Waals surface area contributed by atoms with Gasteiger partial charge in [0.1, 0.15) is 5.75 Å². The van der Waals surface area contributed by atoms with Crippen LogP contribution in [0, 0.1) is 0 Å². The molecule has 5 nitrogen and oxygen atoms in total. The van der Waals surface area contributed by atoms with Gasteiger partial charge in [-0.2, -0.15) is 0 Å². The minimum atomic E-state index is 0.253. The van der Waals surface area contributed by atoms with E-state index < -0.39 is 0 Å². The molecule has 0 saturated heterocycles. The summed E-state index contributed by atoms with van der Waals surface area (Å²) in [6, 6.07) is 12.8. The first-order valence-electron chi connectivity index (χ1n) is 8.79. The third-order valence-corrected chi connectivity index (χ3v) is 5.36. The second-order valence-electron chi connectivity index (χ2n) is 6.43. The van der Waals surface area contributed by atoms with Crippen LogP contribution in [0.5, 0.6) is 5.75 Å². The second-order valence-corrected chi connectivity index (χ2v) is 7.46. The molecule has 1 atom stereocenters. The summed E-state index contributed by atoms with van der Waals surface area (Å²) in [6.07, 6.45) is 1.03. The molecule has 0 aliphatic carbocycles. The molecule has 0 aliphatic heterocycles. The summed E-state index contributed by atoms with van der Waals surface area (Å²) in [5.74, 6) is 1.80. The maximum Gasteiger partial charge on any atom is 0.193 e. The van der Waals surface area contributed by atoms with Crippen molar-refractivity contribution in [2.75, 3.05) is 48.4 Å². The molecule has 0 aliphatic rings. The van der Waals surface area contributed by atoms with Crippen molar-refractivity contribution in [3.63, 3.8) is 0 Å². The molecule has 2 rings (SSSR count). The summed E-state index contributed by atoms with van der Waals surface area (Å²) in [6.45, 7) is 1.73. The van der Waals surface area contributed by atoms with Crippen LogP contribution in [0.4, 0.5) is 0 Å². The lowest BCUT2D eigenvalue weighted by molar-refractivity contribution is 0.295. The highest BCUT2D eigenvalue weighted by molar-refractivity contribution is 7.09. The van der Waals surface area contributed by atoms with Gasteiger partial charge >= 0.3 is 0 Å². The van der Waals surface area contributed by atoms with Crippen molar-refractivity contribution in [2.24, 2.45) is 4.99 Å². The lowest BCUT2D eigenvalue weighted by Gasteiger charge is -2.28. The molecule has 0 saturated carbocycles. The summed E-state index contributed by atoms with van der Waals surface area (Å²) in [5, 5.41) is 5.64. The highest BCUT2D eigenvalue weighted by Crippen LogP contribution is 2.20. The molecule has 26 heavy (non-hydrogen) atoms. The van der Waals surface area contributed by atoms with Gasteiger partial charge in [-0.25, -0.2) is 0 Å². The van der Waals surface area contributed by atoms with Gasteiger partial charge in [0.15, 0.2) is 5.96 Å². The number of benzene rings is 1. The number of guanidine groups is 1. The number of thiophene rings is 1. The number of likely N-dealkylation sites (N-methyl/N-ethyl adjacent to an activating group) is 2. The van der Waals surface area contributed by atoms with Crippen LogP contribution >= 0.6 is 11.3 Å². The Morgan fingerprint density at radius 1 is 1.19 bits per heavy atom. The highest BCUT2D eigenvalue weighted by atomic mass is 32.1. The largest absolute Gasteiger partial charge is 0.497 e. The molecule has 1 N–H and O–H groups in total. The number of hydrogen-bond donors (Lipinski definition) is 1. The number of methoxy groups -OCH3 is 1. The van der Waals surface area contributed by atoms with E-state index in [1.54, 1.807) is 18.4 Å². The zero-order valence-electron chi connectivity index (χ0n) is 16.4. The summed E-state index contributed by atoms with van der Waals surface area (Å²) in [7, 11) is 9.80. The minimum absolute atomic E-state index is 0.253. The van der Waals surface area contributed by atoms with Crippen LogP contribution in [-0.2, 0) is 6.42 Å². The van der Waals surface area contributed by atoms with Crippen LogP contribution < -0.4 is 10.1 Å². The Morgan fingerprint density at radius 3 is 2.46 bits per heavy atom. The predicted octanol–water partition coefficient (Wildman–Crippen LogP) is 3.11. The van der Waals surface area contributed by atoms with Crippen LogP contribution in [0.3, 0.4) is 0 Å². The fourth-order valence-corrected chi connectivity index (χ4v) is 3.53. The standard InChI is InChI=1S/C20H30N4OS/c1-21-20(24(4)13-12-18-7-6-14-26-18)22-15-19(23(2)3)16-8-10-17(25-5)11-9-16/h6-11,14,19H,12-13,15H2,1-5H3,(H,21,22). The number of ether oxygens (including phenoxy) is 1. The van der Waals surface area contributed by atoms with E-state index in [1.807, 2.05) is 19.2 Å². The van der Waals surface area contributed by atoms with Crippen molar-refractivity contribution in [1.82, 2.24) is 15.1 Å². The fraction of sp³-hybridized carbons (Fsp3) is 0.450. The van der Waals surface area contributed by atoms with Crippen LogP contribution in [-0.4, -0.2) is 64.1 Å². The third-order valence-electron chi connectivity index (χ3n) is 4.42. The molecule has 2 aromatic rings. The smallest absolute Gasteiger partial charge is 0.193 e. The Balaban J connectivity index is 1.94. The van der Waals surface area contributed by atoms with E-state index in [2.05, 4.69) is 70.9 Å². The van der Waals surface area contributed by atoms with Gasteiger partial charge in [-0.15, -0.1) is 11.3 Å². The van der Waals surface area contributed by atoms with E-state index >= 15 is 0 Å². The van der Waals surface area contributed by atoms with Crippen LogP contribution in [0.25, 0.3) is 0 Å². The van der Waals surface area contributed by atoms with Crippen molar-refractivity contribution in [3.05, 3.63) is 52.2 Å². The lowest BCUT2D eigenvalue weighted by atomic mass is 10.1. The van der Waals surface area contributed by atoms with Crippen molar-refractivity contribution in [1.29, 1.82) is 0 Å². The molecule has 0 bridgehead atoms. The van der Waals surface area contributed by atoms with Crippen molar-refractivity contribution >= 4 is 17.3 Å². The average Bonchev–Trinajstić information content (AvgIpc) is 3.17. The second kappa shape index (κ2) is 10.2. The summed E-state index contributed by atoms with van der Waals surface area (Å²) < 4.78 is 5.26. The van der Waals surface area contributed by atoms with Gasteiger partial charge in [0.25, 0.3) is 0 Å². The predicted molar refractivity (Wildman–Crippen MR) is 111 cm³/mol. The number of nitrogens with one attached hydrogen (secondary N) is 1. The maximum atomic E-state index is 5.26. The van der Waals surface area contributed by atoms with E-state index in [0.29, 0.717) is 0 Å². The summed E-state index contributed by atoms with van der Waals surface area (Å²) in [5.41, 5.74) is 1.25. The molecule has 0 fully saturated rings. The molecular weight excluding hydrogens is 344 g/mol. The Kier molecular flexibility index (Phi) is 7.94. The number of hydrogen-bond acceptors (Lipinski definition) is 4. The van der Waals surface area contributed by atoms with Crippen molar-refractivity contribution in [2.45, 2.75) is 12.5 Å². The Bertz CT molecular complexity index is 668. The number of rotatable bonds is 8. The molecule has 1 aromatic carbocycles. The first kappa shape index (κ1) is 20.3. The average molecular weight is 375 g/mol. The molecule has 6 heteroatoms. The van der Waals surface area contributed by atoms with Crippen molar-refractivity contribution in [3.8, 4) is 5.75 Å². The zero-order valence-corrected chi connectivity index (χ0v) is 17.2. The van der Waals surface area contributed by atoms with Gasteiger partial charge < -0.3 is 19.9 Å². The van der Waals surface area contributed by atoms with Gasteiger partial charge in [0.05, 0.1) is 13.2 Å². The monoisotopic (exact) mass is 374 g/mol. The molecule has 0 radical (unpaired) electrons. The Hall–Kier alpha value is -2.05. The first-order chi connectivity index (χ1) is 12.5. The highest BCUT2D eigenvalue weighted by Gasteiger charge is 2.16. The maximum absolute atomic E-state index is 5.26. The van der Waals surface area contributed by atoms with Crippen molar-refractivity contribution < 1.29 is 4.74 Å². The molecule has 142 valence electrons. The molecule has 1 aromatic heterocycles. The van der Waals surface area contributed by atoms with Crippen LogP contribution in [0.1, 0.15) is 16.5 Å². The van der Waals surface area contributed by atoms with E-state index in [1.165, 1.54) is 10.4 Å². The van der Waals surface area contributed by atoms with E-state index in [4.69, 9.17) is 4.74 Å². The van der Waals surface area contributed by atoms with E-state index in [9.17, 15) is 0 Å². The molecule has 1 heterocycles. The number of aliphatic imine (C=N–C) groups is 1. The number of nitrogens with zero attached hydrogens (tertiary/aromatic N) is 3. The van der Waals surface area contributed by atoms with Gasteiger partial charge in [-0.3, -0.25) is 4.99 Å². The lowest BCUT2D eigenvalue weighted by Crippen LogP contribution is -2.43. The Labute approximate surface area is 161 Å². The van der Waals surface area contributed by atoms with Gasteiger partial charge in [-0.05, 0) is 49.7 Å². The van der Waals surface area contributed by atoms with E-state index in [0.717, 1.165) is 31.2 Å². The molecule has 1 unspecified atom stereocenters. The zero-order chi connectivity index (χ0) is 18.9. The van der Waals surface area contributed by atoms with Gasteiger partial charge in [-0.1, -0.05) is 18.2 Å². The quantitative estimate of drug-likeness (QED) is 0.569. The minimum Gasteiger partial charge on any atom is -0.497 e. The summed E-state index contributed by atoms with van der Waals surface area (Å²) in [4.78, 5) is 10.2. The SMILES string of the molecule is CN=C(NCC(c1ccc(OC)cc1)N(C)C)N(C)CCc1cccs1.